The summed E-state index contributed by atoms with van der Waals surface area (Å²) >= 11 is 6.09. The Balaban J connectivity index is 2.42. The maximum absolute atomic E-state index is 6.09. The fraction of sp³-hybridized carbons (Fsp3) is 0.500. The number of halogens is 1. The van der Waals surface area contributed by atoms with Crippen LogP contribution in [0.5, 0.6) is 5.75 Å². The highest BCUT2D eigenvalue weighted by molar-refractivity contribution is 6.33. The van der Waals surface area contributed by atoms with Crippen LogP contribution in [0.1, 0.15) is 13.8 Å². The van der Waals surface area contributed by atoms with Crippen molar-refractivity contribution >= 4 is 17.3 Å². The minimum atomic E-state index is 0.508. The van der Waals surface area contributed by atoms with Crippen LogP contribution < -0.4 is 15.4 Å². The lowest BCUT2D eigenvalue weighted by Gasteiger charge is -2.11. The van der Waals surface area contributed by atoms with Crippen LogP contribution in [0.4, 0.5) is 5.69 Å². The highest BCUT2D eigenvalue weighted by Crippen LogP contribution is 2.26. The lowest BCUT2D eigenvalue weighted by molar-refractivity contribution is 0.415. The molecule has 90 valence electrons. The number of hydrogen-bond acceptors (Lipinski definition) is 3. The van der Waals surface area contributed by atoms with Crippen LogP contribution in [0.15, 0.2) is 18.2 Å². The fourth-order valence-corrected chi connectivity index (χ4v) is 1.56. The van der Waals surface area contributed by atoms with Gasteiger partial charge in [0.15, 0.2) is 0 Å². The average molecular weight is 243 g/mol. The second-order valence-corrected chi connectivity index (χ2v) is 4.29. The van der Waals surface area contributed by atoms with Gasteiger partial charge in [0.05, 0.1) is 17.8 Å². The predicted molar refractivity (Wildman–Crippen MR) is 69.6 cm³/mol. The molecule has 1 aromatic rings. The molecule has 0 aromatic heterocycles. The third kappa shape index (κ3) is 4.29. The van der Waals surface area contributed by atoms with Crippen molar-refractivity contribution in [3.63, 3.8) is 0 Å². The van der Waals surface area contributed by atoms with Crippen molar-refractivity contribution in [2.75, 3.05) is 25.5 Å². The summed E-state index contributed by atoms with van der Waals surface area (Å²) in [6, 6.07) is 6.13. The third-order valence-corrected chi connectivity index (χ3v) is 2.48. The van der Waals surface area contributed by atoms with Gasteiger partial charge in [0.2, 0.25) is 0 Å². The Bertz CT molecular complexity index is 329. The predicted octanol–water partition coefficient (Wildman–Crippen LogP) is 2.76. The summed E-state index contributed by atoms with van der Waals surface area (Å²) in [5.41, 5.74) is 0.938. The van der Waals surface area contributed by atoms with Crippen molar-refractivity contribution in [1.29, 1.82) is 0 Å². The van der Waals surface area contributed by atoms with Gasteiger partial charge < -0.3 is 15.4 Å². The van der Waals surface area contributed by atoms with E-state index in [0.29, 0.717) is 11.1 Å². The van der Waals surface area contributed by atoms with Gasteiger partial charge in [-0.15, -0.1) is 0 Å². The highest BCUT2D eigenvalue weighted by Gasteiger charge is 2.01. The summed E-state index contributed by atoms with van der Waals surface area (Å²) in [5.74, 6) is 0.774. The van der Waals surface area contributed by atoms with Crippen LogP contribution in [-0.4, -0.2) is 26.2 Å². The molecule has 0 spiro atoms. The Labute approximate surface area is 102 Å². The van der Waals surface area contributed by atoms with E-state index in [1.54, 1.807) is 13.2 Å². The average Bonchev–Trinajstić information content (AvgIpc) is 2.25. The van der Waals surface area contributed by atoms with Crippen molar-refractivity contribution in [3.8, 4) is 5.75 Å². The van der Waals surface area contributed by atoms with Gasteiger partial charge in [-0.05, 0) is 12.1 Å². The van der Waals surface area contributed by atoms with Crippen LogP contribution in [0.3, 0.4) is 0 Å². The van der Waals surface area contributed by atoms with E-state index in [1.165, 1.54) is 0 Å². The van der Waals surface area contributed by atoms with E-state index in [-0.39, 0.29) is 0 Å². The lowest BCUT2D eigenvalue weighted by atomic mass is 10.3. The van der Waals surface area contributed by atoms with Gasteiger partial charge in [-0.2, -0.15) is 0 Å². The molecule has 0 aliphatic rings. The number of benzene rings is 1. The van der Waals surface area contributed by atoms with Crippen LogP contribution in [-0.2, 0) is 0 Å². The number of methoxy groups -OCH3 is 1. The Kier molecular flexibility index (Phi) is 5.43. The molecular formula is C12H19ClN2O. The number of anilines is 1. The van der Waals surface area contributed by atoms with Gasteiger partial charge >= 0.3 is 0 Å². The monoisotopic (exact) mass is 242 g/mol. The van der Waals surface area contributed by atoms with Crippen LogP contribution in [0, 0.1) is 0 Å². The van der Waals surface area contributed by atoms with Crippen molar-refractivity contribution < 1.29 is 4.74 Å². The zero-order valence-electron chi connectivity index (χ0n) is 10.0. The highest BCUT2D eigenvalue weighted by atomic mass is 35.5. The Morgan fingerprint density at radius 2 is 2.06 bits per heavy atom. The quantitative estimate of drug-likeness (QED) is 0.753. The van der Waals surface area contributed by atoms with Gasteiger partial charge in [0, 0.05) is 25.2 Å². The fourth-order valence-electron chi connectivity index (χ4n) is 1.32. The first-order valence-electron chi connectivity index (χ1n) is 5.44. The maximum atomic E-state index is 6.09. The lowest BCUT2D eigenvalue weighted by Crippen LogP contribution is -2.28. The van der Waals surface area contributed by atoms with Crippen molar-refractivity contribution in [3.05, 3.63) is 23.2 Å². The molecular weight excluding hydrogens is 224 g/mol. The second kappa shape index (κ2) is 6.61. The first-order chi connectivity index (χ1) is 7.63. The van der Waals surface area contributed by atoms with Crippen molar-refractivity contribution in [2.24, 2.45) is 0 Å². The standard InChI is InChI=1S/C12H19ClN2O/c1-9(2)14-6-7-15-12-5-4-10(16-3)8-11(12)13/h4-5,8-9,14-15H,6-7H2,1-3H3. The summed E-state index contributed by atoms with van der Waals surface area (Å²) in [5, 5.41) is 7.28. The van der Waals surface area contributed by atoms with E-state index in [0.717, 1.165) is 24.5 Å². The number of hydrogen-bond donors (Lipinski definition) is 2. The molecule has 0 fully saturated rings. The van der Waals surface area contributed by atoms with E-state index >= 15 is 0 Å². The molecule has 3 nitrogen and oxygen atoms in total. The molecule has 0 aliphatic heterocycles. The van der Waals surface area contributed by atoms with Gasteiger partial charge in [-0.25, -0.2) is 0 Å². The normalized spacial score (nSPS) is 10.6. The van der Waals surface area contributed by atoms with Crippen LogP contribution in [0.25, 0.3) is 0 Å². The third-order valence-electron chi connectivity index (χ3n) is 2.17. The summed E-state index contributed by atoms with van der Waals surface area (Å²) in [4.78, 5) is 0. The molecule has 0 heterocycles. The molecule has 0 saturated carbocycles. The molecule has 0 aliphatic carbocycles. The smallest absolute Gasteiger partial charge is 0.120 e. The maximum Gasteiger partial charge on any atom is 0.120 e. The van der Waals surface area contributed by atoms with Crippen LogP contribution >= 0.6 is 11.6 Å². The number of ether oxygens (including phenoxy) is 1. The number of nitrogens with one attached hydrogen (secondary N) is 2. The molecule has 1 rings (SSSR count). The van der Waals surface area contributed by atoms with Crippen molar-refractivity contribution in [1.82, 2.24) is 5.32 Å². The van der Waals surface area contributed by atoms with E-state index in [9.17, 15) is 0 Å². The summed E-state index contributed by atoms with van der Waals surface area (Å²) in [6.07, 6.45) is 0. The molecule has 0 amide bonds. The molecule has 16 heavy (non-hydrogen) atoms. The molecule has 0 unspecified atom stereocenters. The molecule has 4 heteroatoms. The number of rotatable bonds is 6. The molecule has 0 bridgehead atoms. The summed E-state index contributed by atoms with van der Waals surface area (Å²) in [7, 11) is 1.63. The van der Waals surface area contributed by atoms with Crippen LogP contribution in [0.2, 0.25) is 5.02 Å². The summed E-state index contributed by atoms with van der Waals surface area (Å²) < 4.78 is 5.08. The molecule has 0 saturated heterocycles. The molecule has 2 N–H and O–H groups in total. The zero-order valence-corrected chi connectivity index (χ0v) is 10.8. The minimum Gasteiger partial charge on any atom is -0.497 e. The minimum absolute atomic E-state index is 0.508. The first-order valence-corrected chi connectivity index (χ1v) is 5.82. The van der Waals surface area contributed by atoms with Gasteiger partial charge in [0.25, 0.3) is 0 Å². The summed E-state index contributed by atoms with van der Waals surface area (Å²) in [6.45, 7) is 6.02. The van der Waals surface area contributed by atoms with E-state index in [1.807, 2.05) is 12.1 Å². The largest absolute Gasteiger partial charge is 0.497 e. The Morgan fingerprint density at radius 1 is 1.31 bits per heavy atom. The van der Waals surface area contributed by atoms with E-state index in [2.05, 4.69) is 24.5 Å². The van der Waals surface area contributed by atoms with Gasteiger partial charge in [0.1, 0.15) is 5.75 Å². The van der Waals surface area contributed by atoms with E-state index < -0.39 is 0 Å². The first kappa shape index (κ1) is 13.1. The van der Waals surface area contributed by atoms with Crippen molar-refractivity contribution in [2.45, 2.75) is 19.9 Å². The molecule has 0 atom stereocenters. The zero-order chi connectivity index (χ0) is 12.0. The Hall–Kier alpha value is -0.930. The SMILES string of the molecule is COc1ccc(NCCNC(C)C)c(Cl)c1. The molecule has 1 aromatic carbocycles. The second-order valence-electron chi connectivity index (χ2n) is 3.88. The topological polar surface area (TPSA) is 33.3 Å². The Morgan fingerprint density at radius 3 is 2.62 bits per heavy atom. The van der Waals surface area contributed by atoms with Gasteiger partial charge in [-0.3, -0.25) is 0 Å². The molecule has 0 radical (unpaired) electrons. The van der Waals surface area contributed by atoms with E-state index in [4.69, 9.17) is 16.3 Å². The van der Waals surface area contributed by atoms with Gasteiger partial charge in [-0.1, -0.05) is 25.4 Å².